The van der Waals surface area contributed by atoms with Crippen LogP contribution in [0.3, 0.4) is 0 Å². The molecular weight excluding hydrogens is 594 g/mol. The van der Waals surface area contributed by atoms with Crippen molar-refractivity contribution in [2.24, 2.45) is 5.41 Å². The van der Waals surface area contributed by atoms with E-state index in [4.69, 9.17) is 29.3 Å². The molecule has 4 heterocycles. The average molecular weight is 633 g/mol. The highest BCUT2D eigenvalue weighted by Gasteiger charge is 2.34. The summed E-state index contributed by atoms with van der Waals surface area (Å²) in [5.41, 5.74) is 2.93. The number of rotatable bonds is 10. The summed E-state index contributed by atoms with van der Waals surface area (Å²) >= 11 is 0. The standard InChI is InChI=1S/C33H38F2N8O3/c1-33(8-5-9-33)19-42-18-23(15-37-42)41-16-21(10-22(34)17-41)30-39-31-25-12-26(35)29(46-4)13-27(25)38-32(43(31)40-30)36-14-20-6-7-24(44-2)11-28(20)45-3/h6-7,11-13,15,18,21-22H,5,8-10,14,16-17,19H2,1-4H3,(H,36,38). The Balaban J connectivity index is 1.22. The molecule has 2 unspecified atom stereocenters. The maximum Gasteiger partial charge on any atom is 0.226 e. The van der Waals surface area contributed by atoms with Gasteiger partial charge in [-0.25, -0.2) is 18.7 Å². The molecule has 242 valence electrons. The Hall–Kier alpha value is -4.68. The van der Waals surface area contributed by atoms with Crippen LogP contribution in [-0.2, 0) is 13.1 Å². The maximum absolute atomic E-state index is 15.3. The highest BCUT2D eigenvalue weighted by molar-refractivity contribution is 5.93. The molecular formula is C33H38F2N8O3. The first-order valence-corrected chi connectivity index (χ1v) is 15.6. The lowest BCUT2D eigenvalue weighted by atomic mass is 9.70. The molecule has 2 atom stereocenters. The van der Waals surface area contributed by atoms with Gasteiger partial charge in [0.1, 0.15) is 17.7 Å². The molecule has 11 nitrogen and oxygen atoms in total. The SMILES string of the molecule is COc1ccc(CNc2nc3cc(OC)c(F)cc3c3nc(C4CC(F)CN(c5cnn(CC6(C)CCC6)c5)C4)nn23)c(OC)c1. The number of nitrogens with zero attached hydrogens (tertiary/aromatic N) is 7. The summed E-state index contributed by atoms with van der Waals surface area (Å²) in [6, 6.07) is 8.46. The van der Waals surface area contributed by atoms with E-state index >= 15 is 4.39 Å². The van der Waals surface area contributed by atoms with Gasteiger partial charge in [-0.3, -0.25) is 4.68 Å². The third-order valence-electron chi connectivity index (χ3n) is 9.35. The molecule has 46 heavy (non-hydrogen) atoms. The fourth-order valence-electron chi connectivity index (χ4n) is 6.61. The Morgan fingerprint density at radius 3 is 2.59 bits per heavy atom. The van der Waals surface area contributed by atoms with Crippen LogP contribution in [0.4, 0.5) is 20.4 Å². The van der Waals surface area contributed by atoms with Crippen LogP contribution in [0.25, 0.3) is 16.6 Å². The second-order valence-electron chi connectivity index (χ2n) is 12.7. The Morgan fingerprint density at radius 1 is 1.02 bits per heavy atom. The minimum atomic E-state index is -1.07. The number of aromatic nitrogens is 6. The summed E-state index contributed by atoms with van der Waals surface area (Å²) in [7, 11) is 4.61. The topological polar surface area (TPSA) is 104 Å². The van der Waals surface area contributed by atoms with Crippen molar-refractivity contribution in [2.75, 3.05) is 44.6 Å². The fourth-order valence-corrected chi connectivity index (χ4v) is 6.61. The second kappa shape index (κ2) is 11.9. The molecule has 1 aliphatic heterocycles. The Bertz CT molecular complexity index is 1890. The van der Waals surface area contributed by atoms with E-state index in [2.05, 4.69) is 17.3 Å². The molecule has 1 N–H and O–H groups in total. The molecule has 1 aliphatic carbocycles. The summed E-state index contributed by atoms with van der Waals surface area (Å²) < 4.78 is 49.9. The monoisotopic (exact) mass is 632 g/mol. The number of alkyl halides is 1. The molecule has 3 aromatic heterocycles. The lowest BCUT2D eigenvalue weighted by Gasteiger charge is -2.38. The van der Waals surface area contributed by atoms with Crippen LogP contribution in [0.5, 0.6) is 17.2 Å². The van der Waals surface area contributed by atoms with Gasteiger partial charge < -0.3 is 24.4 Å². The van der Waals surface area contributed by atoms with Gasteiger partial charge in [0.25, 0.3) is 0 Å². The number of fused-ring (bicyclic) bond motifs is 3. The summed E-state index contributed by atoms with van der Waals surface area (Å²) in [5.74, 6) is 1.42. The number of hydrogen-bond acceptors (Lipinski definition) is 9. The van der Waals surface area contributed by atoms with Crippen molar-refractivity contribution in [3.05, 3.63) is 59.9 Å². The first-order valence-electron chi connectivity index (χ1n) is 15.6. The Morgan fingerprint density at radius 2 is 1.85 bits per heavy atom. The van der Waals surface area contributed by atoms with Crippen LogP contribution >= 0.6 is 0 Å². The predicted octanol–water partition coefficient (Wildman–Crippen LogP) is 5.77. The largest absolute Gasteiger partial charge is 0.497 e. The van der Waals surface area contributed by atoms with E-state index in [0.717, 1.165) is 17.8 Å². The highest BCUT2D eigenvalue weighted by atomic mass is 19.1. The van der Waals surface area contributed by atoms with Crippen LogP contribution in [0.2, 0.25) is 0 Å². The zero-order chi connectivity index (χ0) is 32.0. The van der Waals surface area contributed by atoms with Crippen molar-refractivity contribution in [1.29, 1.82) is 0 Å². The highest BCUT2D eigenvalue weighted by Crippen LogP contribution is 2.42. The minimum Gasteiger partial charge on any atom is -0.497 e. The smallest absolute Gasteiger partial charge is 0.226 e. The van der Waals surface area contributed by atoms with Gasteiger partial charge in [0.15, 0.2) is 23.0 Å². The number of piperidine rings is 1. The number of benzene rings is 2. The number of methoxy groups -OCH3 is 3. The van der Waals surface area contributed by atoms with Gasteiger partial charge in [-0.1, -0.05) is 13.3 Å². The van der Waals surface area contributed by atoms with E-state index in [0.29, 0.717) is 52.9 Å². The van der Waals surface area contributed by atoms with Gasteiger partial charge in [-0.2, -0.15) is 9.61 Å². The third-order valence-corrected chi connectivity index (χ3v) is 9.35. The lowest BCUT2D eigenvalue weighted by molar-refractivity contribution is 0.126. The van der Waals surface area contributed by atoms with Crippen molar-refractivity contribution in [2.45, 2.75) is 57.8 Å². The molecule has 2 aliphatic rings. The molecule has 7 rings (SSSR count). The molecule has 0 bridgehead atoms. The molecule has 0 radical (unpaired) electrons. The van der Waals surface area contributed by atoms with E-state index < -0.39 is 12.0 Å². The van der Waals surface area contributed by atoms with Gasteiger partial charge in [0.05, 0.1) is 38.7 Å². The van der Waals surface area contributed by atoms with E-state index in [9.17, 15) is 4.39 Å². The summed E-state index contributed by atoms with van der Waals surface area (Å²) in [6.45, 7) is 4.30. The minimum absolute atomic E-state index is 0.0712. The summed E-state index contributed by atoms with van der Waals surface area (Å²) in [4.78, 5) is 11.7. The van der Waals surface area contributed by atoms with Crippen LogP contribution < -0.4 is 24.4 Å². The van der Waals surface area contributed by atoms with Crippen molar-refractivity contribution in [3.8, 4) is 17.2 Å². The Labute approximate surface area is 265 Å². The third kappa shape index (κ3) is 5.62. The van der Waals surface area contributed by atoms with Gasteiger partial charge in [0.2, 0.25) is 5.95 Å². The van der Waals surface area contributed by atoms with Crippen LogP contribution in [0.1, 0.15) is 49.9 Å². The number of nitrogens with one attached hydrogen (secondary N) is 1. The van der Waals surface area contributed by atoms with E-state index in [1.165, 1.54) is 32.4 Å². The van der Waals surface area contributed by atoms with Crippen LogP contribution in [0, 0.1) is 11.2 Å². The maximum atomic E-state index is 15.3. The average Bonchev–Trinajstić information content (AvgIpc) is 3.71. The summed E-state index contributed by atoms with van der Waals surface area (Å²) in [6.07, 6.45) is 6.69. The van der Waals surface area contributed by atoms with Crippen molar-refractivity contribution in [1.82, 2.24) is 29.4 Å². The fraction of sp³-hybridized carbons (Fsp3) is 0.455. The normalized spacial score (nSPS) is 19.3. The molecule has 1 saturated carbocycles. The first kappa shape index (κ1) is 30.0. The number of ether oxygens (including phenoxy) is 3. The van der Waals surface area contributed by atoms with E-state index in [1.807, 2.05) is 34.1 Å². The zero-order valence-electron chi connectivity index (χ0n) is 26.5. The lowest BCUT2D eigenvalue weighted by Crippen LogP contribution is -2.41. The van der Waals surface area contributed by atoms with Gasteiger partial charge in [-0.15, -0.1) is 5.10 Å². The number of anilines is 2. The van der Waals surface area contributed by atoms with Crippen molar-refractivity contribution >= 4 is 28.2 Å². The van der Waals surface area contributed by atoms with Crippen molar-refractivity contribution < 1.29 is 23.0 Å². The molecule has 1 saturated heterocycles. The van der Waals surface area contributed by atoms with Gasteiger partial charge in [0, 0.05) is 61.4 Å². The molecule has 13 heteroatoms. The zero-order valence-corrected chi connectivity index (χ0v) is 26.5. The summed E-state index contributed by atoms with van der Waals surface area (Å²) in [5, 5.41) is 13.2. The molecule has 5 aromatic rings. The Kier molecular flexibility index (Phi) is 7.77. The van der Waals surface area contributed by atoms with Crippen LogP contribution in [-0.4, -0.2) is 70.0 Å². The van der Waals surface area contributed by atoms with Gasteiger partial charge >= 0.3 is 0 Å². The molecule has 2 aromatic carbocycles. The van der Waals surface area contributed by atoms with Crippen molar-refractivity contribution in [3.63, 3.8) is 0 Å². The predicted molar refractivity (Wildman–Crippen MR) is 170 cm³/mol. The van der Waals surface area contributed by atoms with Crippen LogP contribution in [0.15, 0.2) is 42.7 Å². The quantitative estimate of drug-likeness (QED) is 0.205. The van der Waals surface area contributed by atoms with Gasteiger partial charge in [-0.05, 0) is 42.9 Å². The molecule has 0 spiro atoms. The number of hydrogen-bond donors (Lipinski definition) is 1. The number of halogens is 2. The second-order valence-corrected chi connectivity index (χ2v) is 12.7. The van der Waals surface area contributed by atoms with E-state index in [1.54, 1.807) is 30.9 Å². The van der Waals surface area contributed by atoms with E-state index in [-0.39, 0.29) is 30.0 Å². The molecule has 0 amide bonds. The first-order chi connectivity index (χ1) is 22.3. The molecule has 2 fully saturated rings.